The van der Waals surface area contributed by atoms with Crippen LogP contribution in [0.15, 0.2) is 40.6 Å². The quantitative estimate of drug-likeness (QED) is 0.442. The summed E-state index contributed by atoms with van der Waals surface area (Å²) in [6.45, 7) is 4.72. The Morgan fingerprint density at radius 3 is 2.59 bits per heavy atom. The second kappa shape index (κ2) is 11.1. The molecule has 2 aromatic rings. The Kier molecular flexibility index (Phi) is 8.44. The number of nitrogens with one attached hydrogen (secondary N) is 1. The number of rotatable bonds is 9. The molecule has 0 bridgehead atoms. The highest BCUT2D eigenvalue weighted by Gasteiger charge is 2.34. The standard InChI is InChI=1S/C23H30N2O5S2/c1-17-5-8-19(9-6-17)10-11-21(26)24-13-15-30-23(27)20-4-3-14-25(16-20)32(28,29)22-12-7-18(2)31-22/h5-9,12,20H,3-4,10-11,13-16H2,1-2H3,(H,24,26). The van der Waals surface area contributed by atoms with E-state index in [-0.39, 0.29) is 25.6 Å². The lowest BCUT2D eigenvalue weighted by Gasteiger charge is -2.30. The third-order valence-corrected chi connectivity index (χ3v) is 8.79. The Bertz CT molecular complexity index is 1030. The fourth-order valence-corrected chi connectivity index (χ4v) is 6.55. The van der Waals surface area contributed by atoms with Crippen molar-refractivity contribution in [2.45, 2.75) is 43.7 Å². The van der Waals surface area contributed by atoms with E-state index in [1.165, 1.54) is 21.2 Å². The third kappa shape index (κ3) is 6.63. The first-order valence-electron chi connectivity index (χ1n) is 10.8. The highest BCUT2D eigenvalue weighted by atomic mass is 32.2. The summed E-state index contributed by atoms with van der Waals surface area (Å²) in [6, 6.07) is 11.5. The molecule has 1 atom stereocenters. The van der Waals surface area contributed by atoms with Gasteiger partial charge in [0.25, 0.3) is 10.0 Å². The molecule has 1 aromatic heterocycles. The van der Waals surface area contributed by atoms with Crippen LogP contribution in [0, 0.1) is 19.8 Å². The number of hydrogen-bond acceptors (Lipinski definition) is 6. The zero-order valence-electron chi connectivity index (χ0n) is 18.5. The smallest absolute Gasteiger partial charge is 0.310 e. The lowest BCUT2D eigenvalue weighted by Crippen LogP contribution is -2.42. The summed E-state index contributed by atoms with van der Waals surface area (Å²) in [5.74, 6) is -0.999. The van der Waals surface area contributed by atoms with Crippen LogP contribution >= 0.6 is 11.3 Å². The maximum absolute atomic E-state index is 12.8. The molecule has 1 N–H and O–H groups in total. The first-order chi connectivity index (χ1) is 15.3. The number of sulfonamides is 1. The summed E-state index contributed by atoms with van der Waals surface area (Å²) in [5.41, 5.74) is 2.28. The number of benzene rings is 1. The van der Waals surface area contributed by atoms with Crippen molar-refractivity contribution in [2.24, 2.45) is 5.92 Å². The Morgan fingerprint density at radius 2 is 1.91 bits per heavy atom. The normalized spacial score (nSPS) is 17.1. The predicted molar refractivity (Wildman–Crippen MR) is 124 cm³/mol. The molecule has 0 radical (unpaired) electrons. The van der Waals surface area contributed by atoms with E-state index in [0.29, 0.717) is 36.4 Å². The lowest BCUT2D eigenvalue weighted by molar-refractivity contribution is -0.150. The van der Waals surface area contributed by atoms with E-state index in [2.05, 4.69) is 5.32 Å². The maximum Gasteiger partial charge on any atom is 0.310 e. The first-order valence-corrected chi connectivity index (χ1v) is 13.1. The number of carbonyl (C=O) groups is 2. The lowest BCUT2D eigenvalue weighted by atomic mass is 10.0. The van der Waals surface area contributed by atoms with Crippen molar-refractivity contribution in [1.82, 2.24) is 9.62 Å². The van der Waals surface area contributed by atoms with Gasteiger partial charge in [-0.1, -0.05) is 29.8 Å². The van der Waals surface area contributed by atoms with Crippen LogP contribution in [-0.4, -0.2) is 50.8 Å². The summed E-state index contributed by atoms with van der Waals surface area (Å²) in [7, 11) is -3.59. The largest absolute Gasteiger partial charge is 0.464 e. The SMILES string of the molecule is Cc1ccc(CCC(=O)NCCOC(=O)C2CCCN(S(=O)(=O)c3ccc(C)s3)C2)cc1. The summed E-state index contributed by atoms with van der Waals surface area (Å²) in [4.78, 5) is 25.4. The van der Waals surface area contributed by atoms with Gasteiger partial charge in [-0.15, -0.1) is 11.3 Å². The number of amides is 1. The average Bonchev–Trinajstić information content (AvgIpc) is 3.23. The molecule has 1 aliphatic heterocycles. The van der Waals surface area contributed by atoms with Crippen molar-refractivity contribution in [2.75, 3.05) is 26.2 Å². The minimum atomic E-state index is -3.59. The molecule has 1 unspecified atom stereocenters. The molecule has 9 heteroatoms. The number of ether oxygens (including phenoxy) is 1. The molecule has 3 rings (SSSR count). The fourth-order valence-electron chi connectivity index (χ4n) is 3.59. The average molecular weight is 479 g/mol. The highest BCUT2D eigenvalue weighted by Crippen LogP contribution is 2.28. The van der Waals surface area contributed by atoms with Crippen LogP contribution in [0.25, 0.3) is 0 Å². The fraction of sp³-hybridized carbons (Fsp3) is 0.478. The van der Waals surface area contributed by atoms with Gasteiger partial charge in [-0.05, 0) is 50.8 Å². The molecule has 32 heavy (non-hydrogen) atoms. The van der Waals surface area contributed by atoms with E-state index in [1.807, 2.05) is 38.1 Å². The number of piperidine rings is 1. The van der Waals surface area contributed by atoms with Gasteiger partial charge in [-0.3, -0.25) is 9.59 Å². The van der Waals surface area contributed by atoms with Gasteiger partial charge in [0.2, 0.25) is 5.91 Å². The minimum absolute atomic E-state index is 0.0719. The number of esters is 1. The molecule has 1 amide bonds. The van der Waals surface area contributed by atoms with E-state index >= 15 is 0 Å². The Hall–Kier alpha value is -2.23. The summed E-state index contributed by atoms with van der Waals surface area (Å²) in [6.07, 6.45) is 2.23. The van der Waals surface area contributed by atoms with Crippen LogP contribution in [0.1, 0.15) is 35.3 Å². The van der Waals surface area contributed by atoms with Gasteiger partial charge in [0.05, 0.1) is 12.5 Å². The number of carbonyl (C=O) groups excluding carboxylic acids is 2. The summed E-state index contributed by atoms with van der Waals surface area (Å²) in [5, 5.41) is 2.76. The van der Waals surface area contributed by atoms with Gasteiger partial charge in [0.15, 0.2) is 0 Å². The van der Waals surface area contributed by atoms with Gasteiger partial charge in [0, 0.05) is 24.4 Å². The molecule has 0 aliphatic carbocycles. The Morgan fingerprint density at radius 1 is 1.16 bits per heavy atom. The van der Waals surface area contributed by atoms with Gasteiger partial charge < -0.3 is 10.1 Å². The summed E-state index contributed by atoms with van der Waals surface area (Å²) >= 11 is 1.23. The van der Waals surface area contributed by atoms with Crippen LogP contribution in [0.5, 0.6) is 0 Å². The van der Waals surface area contributed by atoms with Crippen molar-refractivity contribution in [3.8, 4) is 0 Å². The van der Waals surface area contributed by atoms with Gasteiger partial charge >= 0.3 is 5.97 Å². The van der Waals surface area contributed by atoms with Crippen molar-refractivity contribution >= 4 is 33.2 Å². The second-order valence-corrected chi connectivity index (χ2v) is 11.5. The second-order valence-electron chi connectivity index (χ2n) is 8.07. The van der Waals surface area contributed by atoms with Crippen LogP contribution in [0.3, 0.4) is 0 Å². The Balaban J connectivity index is 1.39. The zero-order valence-corrected chi connectivity index (χ0v) is 20.1. The van der Waals surface area contributed by atoms with Crippen molar-refractivity contribution < 1.29 is 22.7 Å². The molecule has 174 valence electrons. The van der Waals surface area contributed by atoms with Crippen LogP contribution in [0.4, 0.5) is 0 Å². The number of aryl methyl sites for hydroxylation is 3. The molecule has 7 nitrogen and oxygen atoms in total. The van der Waals surface area contributed by atoms with Crippen LogP contribution < -0.4 is 5.32 Å². The first kappa shape index (κ1) is 24.4. The molecule has 1 saturated heterocycles. The third-order valence-electron chi connectivity index (χ3n) is 5.46. The molecule has 2 heterocycles. The molecule has 0 spiro atoms. The van der Waals surface area contributed by atoms with Crippen molar-refractivity contribution in [3.05, 3.63) is 52.4 Å². The molecule has 1 aromatic carbocycles. The molecule has 1 aliphatic rings. The van der Waals surface area contributed by atoms with E-state index in [9.17, 15) is 18.0 Å². The zero-order chi connectivity index (χ0) is 23.1. The highest BCUT2D eigenvalue weighted by molar-refractivity contribution is 7.91. The number of nitrogens with zero attached hydrogens (tertiary/aromatic N) is 1. The molecular formula is C23H30N2O5S2. The van der Waals surface area contributed by atoms with E-state index < -0.39 is 21.9 Å². The van der Waals surface area contributed by atoms with Gasteiger partial charge in [0.1, 0.15) is 10.8 Å². The molecule has 1 fully saturated rings. The van der Waals surface area contributed by atoms with Crippen LogP contribution in [-0.2, 0) is 30.8 Å². The predicted octanol–water partition coefficient (Wildman–Crippen LogP) is 3.06. The maximum atomic E-state index is 12.8. The van der Waals surface area contributed by atoms with Crippen LogP contribution in [0.2, 0.25) is 0 Å². The van der Waals surface area contributed by atoms with Crippen molar-refractivity contribution in [1.29, 1.82) is 0 Å². The van der Waals surface area contributed by atoms with Gasteiger partial charge in [-0.2, -0.15) is 4.31 Å². The summed E-state index contributed by atoms with van der Waals surface area (Å²) < 4.78 is 32.6. The van der Waals surface area contributed by atoms with Crippen molar-refractivity contribution in [3.63, 3.8) is 0 Å². The number of thiophene rings is 1. The van der Waals surface area contributed by atoms with E-state index in [0.717, 1.165) is 10.4 Å². The molecular weight excluding hydrogens is 448 g/mol. The van der Waals surface area contributed by atoms with E-state index in [1.54, 1.807) is 12.1 Å². The monoisotopic (exact) mass is 478 g/mol. The Labute approximate surface area is 193 Å². The number of hydrogen-bond donors (Lipinski definition) is 1. The molecule has 0 saturated carbocycles. The van der Waals surface area contributed by atoms with Gasteiger partial charge in [-0.25, -0.2) is 8.42 Å². The minimum Gasteiger partial charge on any atom is -0.464 e. The topological polar surface area (TPSA) is 92.8 Å². The van der Waals surface area contributed by atoms with E-state index in [4.69, 9.17) is 4.74 Å².